The van der Waals surface area contributed by atoms with E-state index < -0.39 is 0 Å². The molecule has 1 aromatic heterocycles. The average molecular weight is 327 g/mol. The molecule has 3 aromatic rings. The zero-order valence-corrected chi connectivity index (χ0v) is 12.5. The Morgan fingerprint density at radius 3 is 2.65 bits per heavy atom. The third-order valence-electron chi connectivity index (χ3n) is 2.86. The first kappa shape index (κ1) is 13.6. The molecule has 1 heterocycles. The highest BCUT2D eigenvalue weighted by Gasteiger charge is 2.06. The number of hydrogen-bond donors (Lipinski definition) is 2. The quantitative estimate of drug-likeness (QED) is 0.700. The van der Waals surface area contributed by atoms with E-state index in [1.54, 1.807) is 12.1 Å². The Hall–Kier alpha value is -1.42. The van der Waals surface area contributed by atoms with Crippen molar-refractivity contribution in [1.82, 2.24) is 9.97 Å². The van der Waals surface area contributed by atoms with E-state index in [0.29, 0.717) is 21.6 Å². The molecule has 0 aliphatic rings. The van der Waals surface area contributed by atoms with Crippen LogP contribution in [0.15, 0.2) is 36.4 Å². The Kier molecular flexibility index (Phi) is 3.74. The molecule has 0 spiro atoms. The van der Waals surface area contributed by atoms with Crippen molar-refractivity contribution in [2.75, 3.05) is 5.32 Å². The lowest BCUT2D eigenvalue weighted by molar-refractivity contribution is 1.01. The lowest BCUT2D eigenvalue weighted by Crippen LogP contribution is -2.00. The summed E-state index contributed by atoms with van der Waals surface area (Å²) < 4.78 is 0. The SMILES string of the molecule is Clc1cccc(NCc2nc3cc(Cl)c(Cl)cc3[nH]2)c1. The number of rotatable bonds is 3. The van der Waals surface area contributed by atoms with Crippen molar-refractivity contribution in [2.24, 2.45) is 0 Å². The van der Waals surface area contributed by atoms with Crippen molar-refractivity contribution < 1.29 is 0 Å². The van der Waals surface area contributed by atoms with E-state index in [2.05, 4.69) is 15.3 Å². The van der Waals surface area contributed by atoms with Gasteiger partial charge in [0.1, 0.15) is 5.82 Å². The minimum Gasteiger partial charge on any atom is -0.378 e. The van der Waals surface area contributed by atoms with E-state index in [-0.39, 0.29) is 0 Å². The number of halogens is 3. The summed E-state index contributed by atoms with van der Waals surface area (Å²) in [5, 5.41) is 4.95. The number of nitrogens with zero attached hydrogens (tertiary/aromatic N) is 1. The molecule has 0 bridgehead atoms. The molecule has 0 fully saturated rings. The fraction of sp³-hybridized carbons (Fsp3) is 0.0714. The molecule has 2 N–H and O–H groups in total. The molecule has 0 atom stereocenters. The van der Waals surface area contributed by atoms with Gasteiger partial charge in [-0.3, -0.25) is 0 Å². The Bertz CT molecular complexity index is 728. The van der Waals surface area contributed by atoms with Crippen molar-refractivity contribution in [2.45, 2.75) is 6.54 Å². The summed E-state index contributed by atoms with van der Waals surface area (Å²) >= 11 is 17.9. The van der Waals surface area contributed by atoms with Crippen LogP contribution in [-0.2, 0) is 6.54 Å². The fourth-order valence-corrected chi connectivity index (χ4v) is 2.44. The Morgan fingerprint density at radius 1 is 1.05 bits per heavy atom. The van der Waals surface area contributed by atoms with E-state index >= 15 is 0 Å². The Balaban J connectivity index is 1.81. The van der Waals surface area contributed by atoms with Crippen LogP contribution in [-0.4, -0.2) is 9.97 Å². The number of nitrogens with one attached hydrogen (secondary N) is 2. The summed E-state index contributed by atoms with van der Waals surface area (Å²) in [6.07, 6.45) is 0. The second kappa shape index (κ2) is 5.52. The van der Waals surface area contributed by atoms with Gasteiger partial charge in [0, 0.05) is 10.7 Å². The van der Waals surface area contributed by atoms with Gasteiger partial charge in [-0.05, 0) is 30.3 Å². The van der Waals surface area contributed by atoms with E-state index in [4.69, 9.17) is 34.8 Å². The Labute approximate surface area is 130 Å². The molecule has 0 radical (unpaired) electrons. The molecule has 3 nitrogen and oxygen atoms in total. The van der Waals surface area contributed by atoms with Crippen LogP contribution in [0.3, 0.4) is 0 Å². The largest absolute Gasteiger partial charge is 0.378 e. The number of aromatic amines is 1. The summed E-state index contributed by atoms with van der Waals surface area (Å²) in [6.45, 7) is 0.560. The number of aromatic nitrogens is 2. The molecule has 0 saturated heterocycles. The summed E-state index contributed by atoms with van der Waals surface area (Å²) in [4.78, 5) is 7.66. The van der Waals surface area contributed by atoms with Crippen molar-refractivity contribution in [3.05, 3.63) is 57.3 Å². The molecule has 0 aliphatic heterocycles. The maximum Gasteiger partial charge on any atom is 0.126 e. The molecular formula is C14H10Cl3N3. The lowest BCUT2D eigenvalue weighted by Gasteiger charge is -2.04. The maximum atomic E-state index is 5.98. The first-order chi connectivity index (χ1) is 9.61. The number of anilines is 1. The van der Waals surface area contributed by atoms with Gasteiger partial charge < -0.3 is 10.3 Å². The van der Waals surface area contributed by atoms with Gasteiger partial charge in [0.15, 0.2) is 0 Å². The third kappa shape index (κ3) is 2.85. The maximum absolute atomic E-state index is 5.98. The summed E-state index contributed by atoms with van der Waals surface area (Å²) in [5.41, 5.74) is 2.60. The first-order valence-electron chi connectivity index (χ1n) is 5.95. The number of benzene rings is 2. The van der Waals surface area contributed by atoms with Gasteiger partial charge in [-0.2, -0.15) is 0 Å². The molecule has 0 saturated carbocycles. The first-order valence-corrected chi connectivity index (χ1v) is 7.08. The monoisotopic (exact) mass is 325 g/mol. The van der Waals surface area contributed by atoms with E-state index in [0.717, 1.165) is 22.5 Å². The summed E-state index contributed by atoms with van der Waals surface area (Å²) in [6, 6.07) is 11.1. The van der Waals surface area contributed by atoms with Gasteiger partial charge in [0.05, 0.1) is 27.6 Å². The second-order valence-electron chi connectivity index (χ2n) is 4.33. The van der Waals surface area contributed by atoms with Gasteiger partial charge in [-0.15, -0.1) is 0 Å². The highest BCUT2D eigenvalue weighted by Crippen LogP contribution is 2.26. The van der Waals surface area contributed by atoms with Crippen LogP contribution < -0.4 is 5.32 Å². The van der Waals surface area contributed by atoms with Crippen LogP contribution in [0.5, 0.6) is 0 Å². The minimum atomic E-state index is 0.500. The van der Waals surface area contributed by atoms with Crippen LogP contribution in [0.1, 0.15) is 5.82 Å². The van der Waals surface area contributed by atoms with E-state index in [9.17, 15) is 0 Å². The number of H-pyrrole nitrogens is 1. The second-order valence-corrected chi connectivity index (χ2v) is 5.58. The van der Waals surface area contributed by atoms with Crippen LogP contribution in [0.25, 0.3) is 11.0 Å². The number of imidazole rings is 1. The van der Waals surface area contributed by atoms with Crippen LogP contribution in [0.4, 0.5) is 5.69 Å². The van der Waals surface area contributed by atoms with Gasteiger partial charge in [-0.1, -0.05) is 40.9 Å². The van der Waals surface area contributed by atoms with Crippen LogP contribution in [0, 0.1) is 0 Å². The smallest absolute Gasteiger partial charge is 0.126 e. The van der Waals surface area contributed by atoms with E-state index in [1.165, 1.54) is 0 Å². The third-order valence-corrected chi connectivity index (χ3v) is 3.81. The molecular weight excluding hydrogens is 317 g/mol. The highest BCUT2D eigenvalue weighted by molar-refractivity contribution is 6.42. The molecule has 0 amide bonds. The highest BCUT2D eigenvalue weighted by atomic mass is 35.5. The average Bonchev–Trinajstić information content (AvgIpc) is 2.79. The van der Waals surface area contributed by atoms with Gasteiger partial charge in [0.25, 0.3) is 0 Å². The molecule has 3 rings (SSSR count). The molecule has 2 aromatic carbocycles. The van der Waals surface area contributed by atoms with E-state index in [1.807, 2.05) is 24.3 Å². The lowest BCUT2D eigenvalue weighted by atomic mass is 10.3. The fourth-order valence-electron chi connectivity index (χ4n) is 1.93. The Morgan fingerprint density at radius 2 is 1.85 bits per heavy atom. The van der Waals surface area contributed by atoms with Crippen LogP contribution in [0.2, 0.25) is 15.1 Å². The van der Waals surface area contributed by atoms with Crippen molar-refractivity contribution in [3.63, 3.8) is 0 Å². The predicted molar refractivity (Wildman–Crippen MR) is 84.9 cm³/mol. The van der Waals surface area contributed by atoms with Crippen molar-refractivity contribution in [3.8, 4) is 0 Å². The standard InChI is InChI=1S/C14H10Cl3N3/c15-8-2-1-3-9(4-8)18-7-14-19-12-5-10(16)11(17)6-13(12)20-14/h1-6,18H,7H2,(H,19,20). The van der Waals surface area contributed by atoms with Gasteiger partial charge in [-0.25, -0.2) is 4.98 Å². The zero-order valence-electron chi connectivity index (χ0n) is 10.3. The molecule has 0 unspecified atom stereocenters. The predicted octanol–water partition coefficient (Wildman–Crippen LogP) is 5.14. The molecule has 0 aliphatic carbocycles. The summed E-state index contributed by atoms with van der Waals surface area (Å²) in [7, 11) is 0. The van der Waals surface area contributed by atoms with Crippen LogP contribution >= 0.6 is 34.8 Å². The molecule has 102 valence electrons. The van der Waals surface area contributed by atoms with Gasteiger partial charge >= 0.3 is 0 Å². The number of fused-ring (bicyclic) bond motifs is 1. The normalized spacial score (nSPS) is 10.9. The zero-order chi connectivity index (χ0) is 14.1. The molecule has 6 heteroatoms. The topological polar surface area (TPSA) is 40.7 Å². The minimum absolute atomic E-state index is 0.500. The van der Waals surface area contributed by atoms with Crippen molar-refractivity contribution in [1.29, 1.82) is 0 Å². The molecule has 20 heavy (non-hydrogen) atoms. The van der Waals surface area contributed by atoms with Gasteiger partial charge in [0.2, 0.25) is 0 Å². The number of hydrogen-bond acceptors (Lipinski definition) is 2. The summed E-state index contributed by atoms with van der Waals surface area (Å²) in [5.74, 6) is 0.804. The van der Waals surface area contributed by atoms with Crippen molar-refractivity contribution >= 4 is 51.5 Å².